The van der Waals surface area contributed by atoms with Gasteiger partial charge in [0.05, 0.1) is 24.5 Å². The third-order valence-electron chi connectivity index (χ3n) is 4.21. The highest BCUT2D eigenvalue weighted by molar-refractivity contribution is 8.01. The van der Waals surface area contributed by atoms with E-state index in [1.54, 1.807) is 31.2 Å². The van der Waals surface area contributed by atoms with Gasteiger partial charge < -0.3 is 20.7 Å². The number of thioether (sulfide) groups is 1. The summed E-state index contributed by atoms with van der Waals surface area (Å²) in [5.41, 5.74) is 1.75. The van der Waals surface area contributed by atoms with Crippen molar-refractivity contribution >= 4 is 46.8 Å². The lowest BCUT2D eigenvalue weighted by atomic mass is 10.1. The zero-order chi connectivity index (χ0) is 23.5. The van der Waals surface area contributed by atoms with Crippen molar-refractivity contribution in [1.82, 2.24) is 5.32 Å². The number of rotatable bonds is 10. The van der Waals surface area contributed by atoms with E-state index < -0.39 is 17.0 Å². The van der Waals surface area contributed by atoms with E-state index in [1.807, 2.05) is 0 Å². The molecule has 2 rings (SSSR count). The number of halogens is 1. The number of nitrogens with one attached hydrogen (secondary N) is 3. The molecule has 0 spiro atoms. The van der Waals surface area contributed by atoms with Crippen LogP contribution in [0.4, 0.5) is 15.8 Å². The molecule has 170 valence electrons. The number of carbonyl (C=O) groups is 4. The van der Waals surface area contributed by atoms with Gasteiger partial charge in [-0.25, -0.2) is 4.39 Å². The van der Waals surface area contributed by atoms with Gasteiger partial charge in [0.2, 0.25) is 17.7 Å². The number of methoxy groups -OCH3 is 1. The average Bonchev–Trinajstić information content (AvgIpc) is 2.78. The molecule has 32 heavy (non-hydrogen) atoms. The molecule has 1 unspecified atom stereocenters. The second-order valence-electron chi connectivity index (χ2n) is 6.72. The summed E-state index contributed by atoms with van der Waals surface area (Å²) in [7, 11) is 1.24. The molecular formula is C22H24FN3O5S. The van der Waals surface area contributed by atoms with Gasteiger partial charge in [-0.05, 0) is 48.9 Å². The maximum Gasteiger partial charge on any atom is 0.325 e. The number of anilines is 2. The van der Waals surface area contributed by atoms with Crippen molar-refractivity contribution in [3.63, 3.8) is 0 Å². The average molecular weight is 462 g/mol. The van der Waals surface area contributed by atoms with Crippen molar-refractivity contribution in [2.75, 3.05) is 30.0 Å². The van der Waals surface area contributed by atoms with Gasteiger partial charge in [-0.15, -0.1) is 11.8 Å². The first-order valence-corrected chi connectivity index (χ1v) is 10.7. The molecule has 8 nitrogen and oxygen atoms in total. The summed E-state index contributed by atoms with van der Waals surface area (Å²) in [4.78, 5) is 47.2. The maximum absolute atomic E-state index is 12.9. The third-order valence-corrected chi connectivity index (χ3v) is 5.35. The quantitative estimate of drug-likeness (QED) is 0.468. The molecule has 0 radical (unpaired) electrons. The number of ether oxygens (including phenoxy) is 1. The van der Waals surface area contributed by atoms with E-state index >= 15 is 0 Å². The van der Waals surface area contributed by atoms with Crippen LogP contribution in [-0.4, -0.2) is 48.3 Å². The second kappa shape index (κ2) is 12.5. The van der Waals surface area contributed by atoms with Crippen LogP contribution in [0.15, 0.2) is 48.5 Å². The zero-order valence-electron chi connectivity index (χ0n) is 17.6. The minimum absolute atomic E-state index is 0.0611. The van der Waals surface area contributed by atoms with Crippen LogP contribution in [0.3, 0.4) is 0 Å². The van der Waals surface area contributed by atoms with Gasteiger partial charge in [0.1, 0.15) is 12.4 Å². The number of hydrogen-bond acceptors (Lipinski definition) is 6. The van der Waals surface area contributed by atoms with Gasteiger partial charge in [0.25, 0.3) is 0 Å². The summed E-state index contributed by atoms with van der Waals surface area (Å²) in [5, 5.41) is 7.35. The highest BCUT2D eigenvalue weighted by Crippen LogP contribution is 2.16. The lowest BCUT2D eigenvalue weighted by Gasteiger charge is -2.12. The van der Waals surface area contributed by atoms with Crippen LogP contribution < -0.4 is 16.0 Å². The molecule has 0 aliphatic rings. The molecule has 3 amide bonds. The van der Waals surface area contributed by atoms with Crippen LogP contribution in [0.1, 0.15) is 12.5 Å². The van der Waals surface area contributed by atoms with E-state index in [-0.39, 0.29) is 36.4 Å². The van der Waals surface area contributed by atoms with E-state index in [0.29, 0.717) is 16.9 Å². The highest BCUT2D eigenvalue weighted by atomic mass is 32.2. The van der Waals surface area contributed by atoms with Crippen LogP contribution in [0.25, 0.3) is 0 Å². The Morgan fingerprint density at radius 1 is 0.938 bits per heavy atom. The number of benzene rings is 2. The molecular weight excluding hydrogens is 437 g/mol. The second-order valence-corrected chi connectivity index (χ2v) is 8.05. The fourth-order valence-corrected chi connectivity index (χ4v) is 3.13. The third kappa shape index (κ3) is 8.76. The van der Waals surface area contributed by atoms with Crippen LogP contribution in [0.2, 0.25) is 0 Å². The van der Waals surface area contributed by atoms with E-state index in [4.69, 9.17) is 0 Å². The Kier molecular flexibility index (Phi) is 9.68. The van der Waals surface area contributed by atoms with Gasteiger partial charge in [-0.3, -0.25) is 19.2 Å². The lowest BCUT2D eigenvalue weighted by molar-refractivity contribution is -0.141. The highest BCUT2D eigenvalue weighted by Gasteiger charge is 2.16. The standard InChI is InChI=1S/C22H24FN3O5S/c1-14(32-13-20(28)25-17-9-5-16(23)6-10-17)22(30)26-18-7-3-15(4-8-18)11-19(27)24-12-21(29)31-2/h3-10,14H,11-13H2,1-2H3,(H,24,27)(H,25,28)(H,26,30). The summed E-state index contributed by atoms with van der Waals surface area (Å²) in [6.07, 6.45) is 0.0840. The maximum atomic E-state index is 12.9. The van der Waals surface area contributed by atoms with Gasteiger partial charge in [0.15, 0.2) is 0 Å². The fraction of sp³-hybridized carbons (Fsp3) is 0.273. The first-order valence-electron chi connectivity index (χ1n) is 9.67. The predicted molar refractivity (Wildman–Crippen MR) is 121 cm³/mol. The Morgan fingerprint density at radius 2 is 1.53 bits per heavy atom. The monoisotopic (exact) mass is 461 g/mol. The van der Waals surface area contributed by atoms with Crippen molar-refractivity contribution in [2.45, 2.75) is 18.6 Å². The van der Waals surface area contributed by atoms with Crippen molar-refractivity contribution in [3.05, 3.63) is 59.9 Å². The van der Waals surface area contributed by atoms with E-state index in [2.05, 4.69) is 20.7 Å². The Hall–Kier alpha value is -3.40. The first-order chi connectivity index (χ1) is 15.3. The van der Waals surface area contributed by atoms with E-state index in [0.717, 1.165) is 0 Å². The SMILES string of the molecule is COC(=O)CNC(=O)Cc1ccc(NC(=O)C(C)SCC(=O)Nc2ccc(F)cc2)cc1. The van der Waals surface area contributed by atoms with Crippen LogP contribution in [-0.2, 0) is 30.3 Å². The number of esters is 1. The molecule has 0 bridgehead atoms. The minimum atomic E-state index is -0.531. The zero-order valence-corrected chi connectivity index (χ0v) is 18.5. The van der Waals surface area contributed by atoms with Crippen LogP contribution in [0, 0.1) is 5.82 Å². The Labute approximate surface area is 189 Å². The molecule has 0 heterocycles. The summed E-state index contributed by atoms with van der Waals surface area (Å²) in [5.74, 6) is -1.75. The summed E-state index contributed by atoms with van der Waals surface area (Å²) in [6.45, 7) is 1.49. The van der Waals surface area contributed by atoms with Crippen molar-refractivity contribution in [1.29, 1.82) is 0 Å². The van der Waals surface area contributed by atoms with Crippen molar-refractivity contribution in [2.24, 2.45) is 0 Å². The molecule has 10 heteroatoms. The van der Waals surface area contributed by atoms with Crippen LogP contribution >= 0.6 is 11.8 Å². The Balaban J connectivity index is 1.75. The molecule has 0 saturated carbocycles. The Morgan fingerprint density at radius 3 is 2.16 bits per heavy atom. The number of carbonyl (C=O) groups excluding carboxylic acids is 4. The first kappa shape index (κ1) is 24.9. The van der Waals surface area contributed by atoms with E-state index in [9.17, 15) is 23.6 Å². The van der Waals surface area contributed by atoms with Gasteiger partial charge >= 0.3 is 5.97 Å². The topological polar surface area (TPSA) is 114 Å². The van der Waals surface area contributed by atoms with Gasteiger partial charge in [0, 0.05) is 11.4 Å². The Bertz CT molecular complexity index is 951. The number of hydrogen-bond donors (Lipinski definition) is 3. The smallest absolute Gasteiger partial charge is 0.325 e. The fourth-order valence-electron chi connectivity index (χ4n) is 2.45. The molecule has 0 aliphatic heterocycles. The van der Waals surface area contributed by atoms with Crippen molar-refractivity contribution in [3.8, 4) is 0 Å². The molecule has 3 N–H and O–H groups in total. The van der Waals surface area contributed by atoms with Gasteiger partial charge in [-0.1, -0.05) is 12.1 Å². The molecule has 2 aromatic carbocycles. The molecule has 0 saturated heterocycles. The minimum Gasteiger partial charge on any atom is -0.468 e. The largest absolute Gasteiger partial charge is 0.468 e. The lowest BCUT2D eigenvalue weighted by Crippen LogP contribution is -2.31. The van der Waals surface area contributed by atoms with Crippen LogP contribution in [0.5, 0.6) is 0 Å². The summed E-state index contributed by atoms with van der Waals surface area (Å²) >= 11 is 1.17. The van der Waals surface area contributed by atoms with Gasteiger partial charge in [-0.2, -0.15) is 0 Å². The molecule has 0 aliphatic carbocycles. The summed E-state index contributed by atoms with van der Waals surface area (Å²) < 4.78 is 17.4. The molecule has 1 atom stereocenters. The van der Waals surface area contributed by atoms with E-state index in [1.165, 1.54) is 43.1 Å². The number of amides is 3. The predicted octanol–water partition coefficient (Wildman–Crippen LogP) is 2.36. The molecule has 0 aromatic heterocycles. The molecule has 2 aromatic rings. The normalized spacial score (nSPS) is 11.2. The summed E-state index contributed by atoms with van der Waals surface area (Å²) in [6, 6.07) is 12.1. The van der Waals surface area contributed by atoms with Crippen molar-refractivity contribution < 1.29 is 28.3 Å². The molecule has 0 fully saturated rings.